The lowest BCUT2D eigenvalue weighted by Crippen LogP contribution is -2.45. The number of carbonyl (C=O) groups excluding carboxylic acids is 1. The maximum atomic E-state index is 12.4. The Morgan fingerprint density at radius 3 is 2.86 bits per heavy atom. The van der Waals surface area contributed by atoms with E-state index < -0.39 is 0 Å². The third kappa shape index (κ3) is 4.41. The van der Waals surface area contributed by atoms with Crippen LogP contribution in [0.2, 0.25) is 0 Å². The summed E-state index contributed by atoms with van der Waals surface area (Å²) in [6, 6.07) is 0.296. The molecule has 2 rings (SSSR count). The van der Waals surface area contributed by atoms with Crippen LogP contribution in [0.15, 0.2) is 4.52 Å². The van der Waals surface area contributed by atoms with Crippen LogP contribution < -0.4 is 5.32 Å². The number of hydrogen-bond donors (Lipinski definition) is 1. The highest BCUT2D eigenvalue weighted by Crippen LogP contribution is 2.28. The van der Waals surface area contributed by atoms with Crippen molar-refractivity contribution in [2.45, 2.75) is 64.3 Å². The van der Waals surface area contributed by atoms with Crippen LogP contribution in [0.3, 0.4) is 0 Å². The maximum absolute atomic E-state index is 12.4. The molecule has 0 saturated heterocycles. The molecule has 0 spiro atoms. The van der Waals surface area contributed by atoms with Gasteiger partial charge >= 0.3 is 6.03 Å². The normalized spacial score (nSPS) is 21.6. The van der Waals surface area contributed by atoms with E-state index >= 15 is 0 Å². The van der Waals surface area contributed by atoms with Crippen LogP contribution in [0.4, 0.5) is 4.79 Å². The van der Waals surface area contributed by atoms with Gasteiger partial charge in [0.15, 0.2) is 0 Å². The van der Waals surface area contributed by atoms with Crippen molar-refractivity contribution >= 4 is 17.8 Å². The Labute approximate surface area is 137 Å². The molecular weight excluding hydrogens is 298 g/mol. The second kappa shape index (κ2) is 7.90. The monoisotopic (exact) mass is 325 g/mol. The molecule has 1 fully saturated rings. The number of amides is 2. The Kier molecular flexibility index (Phi) is 6.17. The van der Waals surface area contributed by atoms with Crippen molar-refractivity contribution < 1.29 is 9.32 Å². The number of aromatic nitrogens is 1. The van der Waals surface area contributed by atoms with Crippen molar-refractivity contribution in [3.05, 3.63) is 17.0 Å². The summed E-state index contributed by atoms with van der Waals surface area (Å²) in [5, 5.41) is 7.81. The van der Waals surface area contributed by atoms with Crippen LogP contribution in [0.1, 0.15) is 49.6 Å². The highest BCUT2D eigenvalue weighted by atomic mass is 32.2. The molecule has 2 atom stereocenters. The second-order valence-corrected chi connectivity index (χ2v) is 7.63. The van der Waals surface area contributed by atoms with Crippen LogP contribution in [-0.4, -0.2) is 40.2 Å². The van der Waals surface area contributed by atoms with E-state index in [9.17, 15) is 4.79 Å². The number of nitrogens with one attached hydrogen (secondary N) is 1. The highest BCUT2D eigenvalue weighted by molar-refractivity contribution is 7.99. The molecule has 1 aromatic heterocycles. The molecule has 0 aliphatic heterocycles. The fraction of sp³-hybridized carbons (Fsp3) is 0.750. The zero-order valence-electron chi connectivity index (χ0n) is 14.0. The molecule has 6 heteroatoms. The lowest BCUT2D eigenvalue weighted by molar-refractivity contribution is 0.198. The van der Waals surface area contributed by atoms with Crippen LogP contribution in [-0.2, 0) is 6.54 Å². The fourth-order valence-corrected chi connectivity index (χ4v) is 4.16. The summed E-state index contributed by atoms with van der Waals surface area (Å²) >= 11 is 2.01. The van der Waals surface area contributed by atoms with E-state index in [4.69, 9.17) is 4.52 Å². The zero-order chi connectivity index (χ0) is 16.1. The average molecular weight is 325 g/mol. The largest absolute Gasteiger partial charge is 0.361 e. The minimum Gasteiger partial charge on any atom is -0.361 e. The molecule has 1 N–H and O–H groups in total. The third-order valence-electron chi connectivity index (χ3n) is 4.28. The van der Waals surface area contributed by atoms with Gasteiger partial charge in [-0.25, -0.2) is 4.79 Å². The van der Waals surface area contributed by atoms with E-state index in [1.165, 1.54) is 12.8 Å². The number of thioether (sulfide) groups is 1. The van der Waals surface area contributed by atoms with Crippen LogP contribution in [0, 0.1) is 13.8 Å². The van der Waals surface area contributed by atoms with E-state index in [0.29, 0.717) is 17.8 Å². The summed E-state index contributed by atoms with van der Waals surface area (Å²) in [6.07, 6.45) is 4.66. The summed E-state index contributed by atoms with van der Waals surface area (Å²) in [5.41, 5.74) is 1.86. The molecule has 1 saturated carbocycles. The third-order valence-corrected chi connectivity index (χ3v) is 5.51. The molecule has 0 unspecified atom stereocenters. The Balaban J connectivity index is 1.86. The number of carbonyl (C=O) groups is 1. The van der Waals surface area contributed by atoms with Crippen molar-refractivity contribution in [3.63, 3.8) is 0 Å². The first-order valence-corrected chi connectivity index (χ1v) is 9.11. The number of rotatable bonds is 5. The molecule has 0 aromatic carbocycles. The summed E-state index contributed by atoms with van der Waals surface area (Å²) < 4.78 is 5.16. The second-order valence-electron chi connectivity index (χ2n) is 6.05. The smallest absolute Gasteiger partial charge is 0.317 e. The van der Waals surface area contributed by atoms with Gasteiger partial charge in [0.1, 0.15) is 5.76 Å². The predicted octanol–water partition coefficient (Wildman–Crippen LogP) is 3.50. The Morgan fingerprint density at radius 1 is 1.45 bits per heavy atom. The van der Waals surface area contributed by atoms with Gasteiger partial charge in [-0.15, -0.1) is 0 Å². The minimum atomic E-state index is -0.00727. The van der Waals surface area contributed by atoms with Crippen molar-refractivity contribution in [3.8, 4) is 0 Å². The lowest BCUT2D eigenvalue weighted by Gasteiger charge is -2.30. The molecule has 1 aliphatic rings. The molecule has 0 bridgehead atoms. The Hall–Kier alpha value is -1.17. The SMILES string of the molecule is CCS[C@H]1CCC[C@@H](NC(=O)N(C)Cc2c(C)noc2C)C1. The van der Waals surface area contributed by atoms with Crippen LogP contribution >= 0.6 is 11.8 Å². The van der Waals surface area contributed by atoms with Crippen molar-refractivity contribution in [2.24, 2.45) is 0 Å². The average Bonchev–Trinajstić information content (AvgIpc) is 2.80. The summed E-state index contributed by atoms with van der Waals surface area (Å²) in [5.74, 6) is 1.94. The van der Waals surface area contributed by atoms with Gasteiger partial charge in [0.05, 0.1) is 12.2 Å². The first-order chi connectivity index (χ1) is 10.5. The fourth-order valence-electron chi connectivity index (χ4n) is 2.98. The zero-order valence-corrected chi connectivity index (χ0v) is 14.8. The Morgan fingerprint density at radius 2 is 2.23 bits per heavy atom. The van der Waals surface area contributed by atoms with E-state index in [-0.39, 0.29) is 6.03 Å². The van der Waals surface area contributed by atoms with E-state index in [1.807, 2.05) is 32.7 Å². The molecule has 5 nitrogen and oxygen atoms in total. The van der Waals surface area contributed by atoms with Gasteiger partial charge in [-0.1, -0.05) is 18.5 Å². The van der Waals surface area contributed by atoms with E-state index in [1.54, 1.807) is 4.90 Å². The Bertz CT molecular complexity index is 482. The number of hydrogen-bond acceptors (Lipinski definition) is 4. The minimum absolute atomic E-state index is 0.00727. The lowest BCUT2D eigenvalue weighted by atomic mass is 9.95. The van der Waals surface area contributed by atoms with Gasteiger partial charge in [-0.2, -0.15) is 11.8 Å². The van der Waals surface area contributed by atoms with Gasteiger partial charge < -0.3 is 14.7 Å². The van der Waals surface area contributed by atoms with Gasteiger partial charge in [-0.05, 0) is 38.9 Å². The first-order valence-electron chi connectivity index (χ1n) is 8.06. The van der Waals surface area contributed by atoms with Gasteiger partial charge in [0.2, 0.25) is 0 Å². The molecule has 124 valence electrons. The predicted molar refractivity (Wildman–Crippen MR) is 90.2 cm³/mol. The molecule has 22 heavy (non-hydrogen) atoms. The van der Waals surface area contributed by atoms with Crippen LogP contribution in [0.5, 0.6) is 0 Å². The number of aryl methyl sites for hydroxylation is 2. The van der Waals surface area contributed by atoms with Gasteiger partial charge in [0, 0.05) is 23.9 Å². The number of nitrogens with zero attached hydrogens (tertiary/aromatic N) is 2. The maximum Gasteiger partial charge on any atom is 0.317 e. The topological polar surface area (TPSA) is 58.4 Å². The van der Waals surface area contributed by atoms with Gasteiger partial charge in [-0.3, -0.25) is 0 Å². The van der Waals surface area contributed by atoms with E-state index in [0.717, 1.165) is 35.6 Å². The summed E-state index contributed by atoms with van der Waals surface area (Å²) in [7, 11) is 1.82. The van der Waals surface area contributed by atoms with Crippen molar-refractivity contribution in [1.82, 2.24) is 15.4 Å². The molecule has 1 aliphatic carbocycles. The van der Waals surface area contributed by atoms with Crippen molar-refractivity contribution in [1.29, 1.82) is 0 Å². The van der Waals surface area contributed by atoms with Gasteiger partial charge in [0.25, 0.3) is 0 Å². The van der Waals surface area contributed by atoms with Crippen molar-refractivity contribution in [2.75, 3.05) is 12.8 Å². The molecular formula is C16H27N3O2S. The highest BCUT2D eigenvalue weighted by Gasteiger charge is 2.24. The standard InChI is InChI=1S/C16H27N3O2S/c1-5-22-14-8-6-7-13(9-14)17-16(20)19(4)10-15-11(2)18-21-12(15)3/h13-14H,5-10H2,1-4H3,(H,17,20)/t13-,14+/m1/s1. The van der Waals surface area contributed by atoms with Crippen LogP contribution in [0.25, 0.3) is 0 Å². The van der Waals surface area contributed by atoms with E-state index in [2.05, 4.69) is 17.4 Å². The molecule has 1 aromatic rings. The molecule has 1 heterocycles. The summed E-state index contributed by atoms with van der Waals surface area (Å²) in [6.45, 7) is 6.52. The molecule has 0 radical (unpaired) electrons. The summed E-state index contributed by atoms with van der Waals surface area (Å²) in [4.78, 5) is 14.1. The molecule has 2 amide bonds. The number of urea groups is 1. The first kappa shape index (κ1) is 17.2. The quantitative estimate of drug-likeness (QED) is 0.900.